The molecular formula is C47H30N6. The van der Waals surface area contributed by atoms with E-state index in [2.05, 4.69) is 77.4 Å². The zero-order valence-electron chi connectivity index (χ0n) is 28.5. The zero-order chi connectivity index (χ0) is 35.1. The highest BCUT2D eigenvalue weighted by Gasteiger charge is 2.21. The Balaban J connectivity index is 1.29. The third-order valence-electron chi connectivity index (χ3n) is 9.67. The van der Waals surface area contributed by atoms with Crippen LogP contribution in [-0.2, 0) is 0 Å². The molecule has 0 saturated carbocycles. The highest BCUT2D eigenvalue weighted by atomic mass is 15.1. The van der Waals surface area contributed by atoms with Crippen LogP contribution in [0.4, 0.5) is 0 Å². The number of benzene rings is 7. The molecule has 0 saturated heterocycles. The van der Waals surface area contributed by atoms with Gasteiger partial charge in [0.05, 0.1) is 27.9 Å². The Morgan fingerprint density at radius 2 is 0.774 bits per heavy atom. The van der Waals surface area contributed by atoms with Crippen LogP contribution in [0.3, 0.4) is 0 Å². The third-order valence-corrected chi connectivity index (χ3v) is 9.67. The Morgan fingerprint density at radius 1 is 0.321 bits per heavy atom. The highest BCUT2D eigenvalue weighted by Crippen LogP contribution is 2.39. The van der Waals surface area contributed by atoms with E-state index in [1.165, 1.54) is 10.8 Å². The number of para-hydroxylation sites is 3. The molecule has 0 fully saturated rings. The molecule has 53 heavy (non-hydrogen) atoms. The maximum absolute atomic E-state index is 5.23. The third kappa shape index (κ3) is 5.41. The van der Waals surface area contributed by atoms with E-state index in [0.29, 0.717) is 23.3 Å². The summed E-state index contributed by atoms with van der Waals surface area (Å²) < 4.78 is 2.32. The van der Waals surface area contributed by atoms with Crippen molar-refractivity contribution < 1.29 is 0 Å². The molecule has 6 heteroatoms. The lowest BCUT2D eigenvalue weighted by atomic mass is 10.0. The van der Waals surface area contributed by atoms with Gasteiger partial charge in [0.2, 0.25) is 0 Å². The molecule has 6 nitrogen and oxygen atoms in total. The monoisotopic (exact) mass is 678 g/mol. The van der Waals surface area contributed by atoms with Crippen LogP contribution < -0.4 is 0 Å². The van der Waals surface area contributed by atoms with Crippen LogP contribution in [0.1, 0.15) is 0 Å². The first-order valence-corrected chi connectivity index (χ1v) is 17.6. The quantitative estimate of drug-likeness (QED) is 0.175. The molecule has 0 spiro atoms. The molecule has 10 rings (SSSR count). The minimum Gasteiger partial charge on any atom is -0.309 e. The molecule has 7 aromatic carbocycles. The van der Waals surface area contributed by atoms with E-state index in [4.69, 9.17) is 24.9 Å². The van der Waals surface area contributed by atoms with Crippen molar-refractivity contribution in [2.24, 2.45) is 0 Å². The molecule has 0 unspecified atom stereocenters. The highest BCUT2D eigenvalue weighted by molar-refractivity contribution is 6.10. The predicted molar refractivity (Wildman–Crippen MR) is 214 cm³/mol. The van der Waals surface area contributed by atoms with Crippen LogP contribution in [0, 0.1) is 0 Å². The number of hydrogen-bond acceptors (Lipinski definition) is 5. The second kappa shape index (κ2) is 12.8. The fraction of sp³-hybridized carbons (Fsp3) is 0. The summed E-state index contributed by atoms with van der Waals surface area (Å²) in [4.78, 5) is 25.7. The molecule has 0 N–H and O–H groups in total. The molecule has 0 atom stereocenters. The summed E-state index contributed by atoms with van der Waals surface area (Å²) in [5.74, 6) is 2.45. The number of nitrogens with zero attached hydrogens (tertiary/aromatic N) is 6. The second-order valence-corrected chi connectivity index (χ2v) is 12.9. The van der Waals surface area contributed by atoms with Gasteiger partial charge < -0.3 is 4.57 Å². The number of rotatable bonds is 6. The largest absolute Gasteiger partial charge is 0.309 e. The first-order valence-electron chi connectivity index (χ1n) is 17.6. The lowest BCUT2D eigenvalue weighted by molar-refractivity contribution is 1.06. The number of fused-ring (bicyclic) bond motifs is 4. The fourth-order valence-electron chi connectivity index (χ4n) is 7.18. The van der Waals surface area contributed by atoms with Crippen LogP contribution in [0.15, 0.2) is 182 Å². The smallest absolute Gasteiger partial charge is 0.166 e. The summed E-state index contributed by atoms with van der Waals surface area (Å²) >= 11 is 0. The van der Waals surface area contributed by atoms with E-state index < -0.39 is 0 Å². The van der Waals surface area contributed by atoms with Crippen molar-refractivity contribution in [2.45, 2.75) is 0 Å². The Morgan fingerprint density at radius 3 is 1.34 bits per heavy atom. The molecular weight excluding hydrogens is 649 g/mol. The maximum atomic E-state index is 5.23. The van der Waals surface area contributed by atoms with E-state index in [0.717, 1.165) is 61.1 Å². The summed E-state index contributed by atoms with van der Waals surface area (Å²) in [6.07, 6.45) is 0. The van der Waals surface area contributed by atoms with Gasteiger partial charge in [-0.25, -0.2) is 24.9 Å². The number of aromatic nitrogens is 6. The van der Waals surface area contributed by atoms with Gasteiger partial charge in [0, 0.05) is 44.0 Å². The molecule has 0 aliphatic carbocycles. The van der Waals surface area contributed by atoms with Crippen LogP contribution in [0.25, 0.3) is 95.2 Å². The second-order valence-electron chi connectivity index (χ2n) is 12.9. The summed E-state index contributed by atoms with van der Waals surface area (Å²) in [7, 11) is 0. The Hall–Kier alpha value is -7.31. The van der Waals surface area contributed by atoms with E-state index >= 15 is 0 Å². The van der Waals surface area contributed by atoms with Gasteiger partial charge in [0.1, 0.15) is 0 Å². The summed E-state index contributed by atoms with van der Waals surface area (Å²) in [6.45, 7) is 0. The molecule has 0 aliphatic heterocycles. The molecule has 248 valence electrons. The SMILES string of the molecule is c1ccc(-c2nc(-c3ccccc3)nc(-c3cc(-c4nc(-c5ccccc5)nc5ccccc45)ccc3-n3c4ccccc4c4ccccc43)n2)cc1. The van der Waals surface area contributed by atoms with Crippen molar-refractivity contribution >= 4 is 32.7 Å². The maximum Gasteiger partial charge on any atom is 0.166 e. The Labute approximate surface area is 305 Å². The van der Waals surface area contributed by atoms with Crippen molar-refractivity contribution in [1.82, 2.24) is 29.5 Å². The molecule has 0 bridgehead atoms. The van der Waals surface area contributed by atoms with Gasteiger partial charge in [-0.2, -0.15) is 0 Å². The van der Waals surface area contributed by atoms with Crippen LogP contribution >= 0.6 is 0 Å². The average molecular weight is 679 g/mol. The average Bonchev–Trinajstić information content (AvgIpc) is 3.58. The zero-order valence-corrected chi connectivity index (χ0v) is 28.5. The van der Waals surface area contributed by atoms with Crippen molar-refractivity contribution in [1.29, 1.82) is 0 Å². The Kier molecular flexibility index (Phi) is 7.36. The standard InChI is InChI=1S/C47H30N6/c1-4-16-31(17-5-1)44-48-39-25-13-10-24-37(39)43(49-44)34-28-29-42(53-40-26-14-11-22-35(40)36-23-12-15-27-41(36)53)38(30-34)47-51-45(32-18-6-2-7-19-32)50-46(52-47)33-20-8-3-9-21-33/h1-30H. The van der Waals surface area contributed by atoms with Crippen LogP contribution in [0.5, 0.6) is 0 Å². The minimum atomic E-state index is 0.568. The van der Waals surface area contributed by atoms with Crippen molar-refractivity contribution in [2.75, 3.05) is 0 Å². The van der Waals surface area contributed by atoms with Crippen molar-refractivity contribution in [3.63, 3.8) is 0 Å². The van der Waals surface area contributed by atoms with Gasteiger partial charge in [-0.3, -0.25) is 0 Å². The summed E-state index contributed by atoms with van der Waals surface area (Å²) in [6, 6.07) is 62.1. The normalized spacial score (nSPS) is 11.4. The topological polar surface area (TPSA) is 69.4 Å². The van der Waals surface area contributed by atoms with E-state index in [-0.39, 0.29) is 0 Å². The van der Waals surface area contributed by atoms with Crippen LogP contribution in [-0.4, -0.2) is 29.5 Å². The van der Waals surface area contributed by atoms with Gasteiger partial charge in [-0.15, -0.1) is 0 Å². The Bertz CT molecular complexity index is 2830. The lowest BCUT2D eigenvalue weighted by Crippen LogP contribution is -2.04. The van der Waals surface area contributed by atoms with Gasteiger partial charge in [-0.1, -0.05) is 152 Å². The summed E-state index contributed by atoms with van der Waals surface area (Å²) in [5, 5.41) is 3.32. The molecule has 3 aromatic heterocycles. The van der Waals surface area contributed by atoms with E-state index in [9.17, 15) is 0 Å². The molecule has 0 radical (unpaired) electrons. The molecule has 0 aliphatic rings. The first-order chi connectivity index (χ1) is 26.3. The predicted octanol–water partition coefficient (Wildman–Crippen LogP) is 11.2. The van der Waals surface area contributed by atoms with E-state index in [1.807, 2.05) is 109 Å². The lowest BCUT2D eigenvalue weighted by Gasteiger charge is -2.17. The summed E-state index contributed by atoms with van der Waals surface area (Å²) in [5.41, 5.74) is 9.44. The van der Waals surface area contributed by atoms with Crippen LogP contribution in [0.2, 0.25) is 0 Å². The molecule has 0 amide bonds. The molecule has 3 heterocycles. The van der Waals surface area contributed by atoms with E-state index in [1.54, 1.807) is 0 Å². The van der Waals surface area contributed by atoms with Gasteiger partial charge in [0.15, 0.2) is 23.3 Å². The minimum absolute atomic E-state index is 0.568. The number of hydrogen-bond donors (Lipinski definition) is 0. The fourth-order valence-corrected chi connectivity index (χ4v) is 7.18. The van der Waals surface area contributed by atoms with Gasteiger partial charge in [0.25, 0.3) is 0 Å². The molecule has 10 aromatic rings. The van der Waals surface area contributed by atoms with Gasteiger partial charge in [-0.05, 0) is 30.3 Å². The van der Waals surface area contributed by atoms with Crippen molar-refractivity contribution in [3.05, 3.63) is 182 Å². The van der Waals surface area contributed by atoms with Gasteiger partial charge >= 0.3 is 0 Å². The van der Waals surface area contributed by atoms with Crippen molar-refractivity contribution in [3.8, 4) is 62.5 Å². The first kappa shape index (κ1) is 30.5.